The summed E-state index contributed by atoms with van der Waals surface area (Å²) in [5.74, 6) is -1.48. The van der Waals surface area contributed by atoms with Crippen LogP contribution in [0.25, 0.3) is 16.8 Å². The van der Waals surface area contributed by atoms with Crippen LogP contribution in [0.1, 0.15) is 36.7 Å². The summed E-state index contributed by atoms with van der Waals surface area (Å²) in [6.07, 6.45) is 1.49. The number of ketones is 1. The topological polar surface area (TPSA) is 63.6 Å². The Kier molecular flexibility index (Phi) is 5.32. The van der Waals surface area contributed by atoms with Crippen molar-refractivity contribution in [3.63, 3.8) is 0 Å². The van der Waals surface area contributed by atoms with E-state index in [1.54, 1.807) is 39.0 Å². The second kappa shape index (κ2) is 7.69. The van der Waals surface area contributed by atoms with Crippen molar-refractivity contribution in [3.8, 4) is 5.75 Å². The van der Waals surface area contributed by atoms with Crippen LogP contribution in [0.4, 0.5) is 0 Å². The van der Waals surface area contributed by atoms with Gasteiger partial charge < -0.3 is 9.84 Å². The molecule has 4 nitrogen and oxygen atoms in total. The molecule has 3 aromatic carbocycles. The normalized spacial score (nSPS) is 12.0. The van der Waals surface area contributed by atoms with E-state index in [-0.39, 0.29) is 16.9 Å². The SMILES string of the molecule is CC(C)(C)OC(=O)C(=Cc1ccccc1)C(=O)c1cc2ccccc2cc1O. The number of aromatic hydroxyl groups is 1. The van der Waals surface area contributed by atoms with E-state index in [9.17, 15) is 14.7 Å². The van der Waals surface area contributed by atoms with Crippen LogP contribution in [0.2, 0.25) is 0 Å². The Labute approximate surface area is 164 Å². The lowest BCUT2D eigenvalue weighted by Crippen LogP contribution is -2.27. The minimum atomic E-state index is -0.751. The molecule has 0 aliphatic carbocycles. The molecule has 3 aromatic rings. The fraction of sp³-hybridized carbons (Fsp3) is 0.167. The number of carbonyl (C=O) groups excluding carboxylic acids is 2. The van der Waals surface area contributed by atoms with Crippen molar-refractivity contribution in [2.75, 3.05) is 0 Å². The molecule has 0 aromatic heterocycles. The molecule has 0 atom stereocenters. The summed E-state index contributed by atoms with van der Waals surface area (Å²) in [6, 6.07) is 19.6. The third kappa shape index (κ3) is 4.46. The Morgan fingerprint density at radius 1 is 0.893 bits per heavy atom. The van der Waals surface area contributed by atoms with Crippen LogP contribution in [0.5, 0.6) is 5.75 Å². The van der Waals surface area contributed by atoms with Crippen molar-refractivity contribution in [1.29, 1.82) is 0 Å². The zero-order chi connectivity index (χ0) is 20.3. The maximum atomic E-state index is 13.2. The number of phenols is 1. The highest BCUT2D eigenvalue weighted by Gasteiger charge is 2.27. The van der Waals surface area contributed by atoms with Crippen molar-refractivity contribution in [2.45, 2.75) is 26.4 Å². The second-order valence-electron chi connectivity index (χ2n) is 7.52. The summed E-state index contributed by atoms with van der Waals surface area (Å²) in [7, 11) is 0. The fourth-order valence-corrected chi connectivity index (χ4v) is 2.82. The lowest BCUT2D eigenvalue weighted by Gasteiger charge is -2.20. The molecule has 142 valence electrons. The van der Waals surface area contributed by atoms with Gasteiger partial charge in [0.15, 0.2) is 0 Å². The molecule has 0 spiro atoms. The molecule has 0 saturated carbocycles. The first-order chi connectivity index (χ1) is 13.2. The average Bonchev–Trinajstić information content (AvgIpc) is 2.64. The first-order valence-electron chi connectivity index (χ1n) is 9.01. The minimum Gasteiger partial charge on any atom is -0.507 e. The van der Waals surface area contributed by atoms with Crippen molar-refractivity contribution < 1.29 is 19.4 Å². The highest BCUT2D eigenvalue weighted by atomic mass is 16.6. The van der Waals surface area contributed by atoms with E-state index in [1.165, 1.54) is 12.1 Å². The molecule has 28 heavy (non-hydrogen) atoms. The average molecular weight is 374 g/mol. The number of hydrogen-bond acceptors (Lipinski definition) is 4. The number of fused-ring (bicyclic) bond motifs is 1. The summed E-state index contributed by atoms with van der Waals surface area (Å²) < 4.78 is 5.43. The van der Waals surface area contributed by atoms with Crippen LogP contribution in [-0.4, -0.2) is 22.5 Å². The zero-order valence-corrected chi connectivity index (χ0v) is 16.1. The molecule has 0 radical (unpaired) electrons. The molecule has 0 saturated heterocycles. The third-order valence-corrected chi connectivity index (χ3v) is 4.08. The predicted molar refractivity (Wildman–Crippen MR) is 110 cm³/mol. The Morgan fingerprint density at radius 2 is 1.46 bits per heavy atom. The van der Waals surface area contributed by atoms with E-state index in [2.05, 4.69) is 0 Å². The molecule has 0 heterocycles. The minimum absolute atomic E-state index is 0.0618. The van der Waals surface area contributed by atoms with E-state index in [4.69, 9.17) is 4.74 Å². The number of phenolic OH excluding ortho intramolecular Hbond substituents is 1. The van der Waals surface area contributed by atoms with Gasteiger partial charge in [-0.3, -0.25) is 4.79 Å². The van der Waals surface area contributed by atoms with Gasteiger partial charge in [-0.1, -0.05) is 54.6 Å². The van der Waals surface area contributed by atoms with Crippen LogP contribution in [0, 0.1) is 0 Å². The van der Waals surface area contributed by atoms with Crippen molar-refractivity contribution in [3.05, 3.63) is 83.4 Å². The second-order valence-corrected chi connectivity index (χ2v) is 7.52. The summed E-state index contributed by atoms with van der Waals surface area (Å²) >= 11 is 0. The largest absolute Gasteiger partial charge is 0.507 e. The van der Waals surface area contributed by atoms with Crippen LogP contribution in [0.3, 0.4) is 0 Å². The van der Waals surface area contributed by atoms with E-state index < -0.39 is 17.4 Å². The number of carbonyl (C=O) groups is 2. The van der Waals surface area contributed by atoms with Gasteiger partial charge >= 0.3 is 5.97 Å². The molecule has 0 fully saturated rings. The van der Waals surface area contributed by atoms with E-state index in [1.807, 2.05) is 42.5 Å². The van der Waals surface area contributed by atoms with E-state index >= 15 is 0 Å². The quantitative estimate of drug-likeness (QED) is 0.225. The molecule has 0 aliphatic heterocycles. The molecule has 1 N–H and O–H groups in total. The van der Waals surface area contributed by atoms with Gasteiger partial charge in [-0.05, 0) is 55.3 Å². The van der Waals surface area contributed by atoms with Gasteiger partial charge in [-0.15, -0.1) is 0 Å². The molecular formula is C24H22O4. The first-order valence-corrected chi connectivity index (χ1v) is 9.01. The molecule has 0 amide bonds. The lowest BCUT2D eigenvalue weighted by atomic mass is 9.97. The number of benzene rings is 3. The van der Waals surface area contributed by atoms with Gasteiger partial charge in [-0.2, -0.15) is 0 Å². The van der Waals surface area contributed by atoms with Gasteiger partial charge in [0.05, 0.1) is 5.56 Å². The highest BCUT2D eigenvalue weighted by Crippen LogP contribution is 2.28. The van der Waals surface area contributed by atoms with Crippen LogP contribution in [0.15, 0.2) is 72.3 Å². The lowest BCUT2D eigenvalue weighted by molar-refractivity contribution is -0.149. The van der Waals surface area contributed by atoms with Gasteiger partial charge in [0.25, 0.3) is 0 Å². The van der Waals surface area contributed by atoms with E-state index in [0.29, 0.717) is 5.56 Å². The Morgan fingerprint density at radius 3 is 2.07 bits per heavy atom. The van der Waals surface area contributed by atoms with Gasteiger partial charge in [0.1, 0.15) is 16.9 Å². The summed E-state index contributed by atoms with van der Waals surface area (Å²) in [6.45, 7) is 5.22. The highest BCUT2D eigenvalue weighted by molar-refractivity contribution is 6.28. The van der Waals surface area contributed by atoms with E-state index in [0.717, 1.165) is 10.8 Å². The first kappa shape index (κ1) is 19.4. The third-order valence-electron chi connectivity index (χ3n) is 4.08. The number of esters is 1. The van der Waals surface area contributed by atoms with Crippen LogP contribution < -0.4 is 0 Å². The molecule has 4 heteroatoms. The van der Waals surface area contributed by atoms with Crippen LogP contribution in [-0.2, 0) is 9.53 Å². The Hall–Kier alpha value is -3.40. The number of Topliss-reactive ketones (excluding diaryl/α,β-unsaturated/α-hetero) is 1. The van der Waals surface area contributed by atoms with Gasteiger partial charge in [0.2, 0.25) is 5.78 Å². The van der Waals surface area contributed by atoms with Gasteiger partial charge in [-0.25, -0.2) is 4.79 Å². The maximum absolute atomic E-state index is 13.2. The molecule has 0 unspecified atom stereocenters. The Bertz CT molecular complexity index is 1060. The maximum Gasteiger partial charge on any atom is 0.342 e. The number of hydrogen-bond donors (Lipinski definition) is 1. The predicted octanol–water partition coefficient (Wildman–Crippen LogP) is 5.15. The summed E-state index contributed by atoms with van der Waals surface area (Å²) in [5.41, 5.74) is -0.131. The molecule has 0 bridgehead atoms. The standard InChI is InChI=1S/C24H22O4/c1-24(2,3)28-23(27)20(13-16-9-5-4-6-10-16)22(26)19-14-17-11-7-8-12-18(17)15-21(19)25/h4-15,25H,1-3H3. The van der Waals surface area contributed by atoms with Crippen molar-refractivity contribution in [1.82, 2.24) is 0 Å². The smallest absolute Gasteiger partial charge is 0.342 e. The van der Waals surface area contributed by atoms with Gasteiger partial charge in [0, 0.05) is 0 Å². The Balaban J connectivity index is 2.09. The van der Waals surface area contributed by atoms with Crippen LogP contribution >= 0.6 is 0 Å². The monoisotopic (exact) mass is 374 g/mol. The molecule has 0 aliphatic rings. The van der Waals surface area contributed by atoms with Crippen molar-refractivity contribution in [2.24, 2.45) is 0 Å². The summed E-state index contributed by atoms with van der Waals surface area (Å²) in [5, 5.41) is 12.0. The zero-order valence-electron chi connectivity index (χ0n) is 16.1. The molecular weight excluding hydrogens is 352 g/mol. The summed E-state index contributed by atoms with van der Waals surface area (Å²) in [4.78, 5) is 26.0. The number of rotatable bonds is 4. The fourth-order valence-electron chi connectivity index (χ4n) is 2.82. The van der Waals surface area contributed by atoms with Crippen molar-refractivity contribution >= 4 is 28.6 Å². The number of ether oxygens (including phenoxy) is 1. The molecule has 3 rings (SSSR count).